The number of rotatable bonds is 3. The molecule has 1 amide bonds. The van der Waals surface area contributed by atoms with Crippen LogP contribution >= 0.6 is 12.2 Å². The van der Waals surface area contributed by atoms with Gasteiger partial charge in [0.05, 0.1) is 21.8 Å². The summed E-state index contributed by atoms with van der Waals surface area (Å²) >= 11 is 4.92. The number of aryl methyl sites for hydroxylation is 1. The van der Waals surface area contributed by atoms with Crippen molar-refractivity contribution in [1.29, 1.82) is 0 Å². The lowest BCUT2D eigenvalue weighted by atomic mass is 10.1. The largest absolute Gasteiger partial charge is 0.392 e. The number of hydrogen-bond acceptors (Lipinski definition) is 3. The molecule has 1 aromatic rings. The quantitative estimate of drug-likeness (QED) is 0.777. The average Bonchev–Trinajstić information content (AvgIpc) is 3.02. The van der Waals surface area contributed by atoms with Gasteiger partial charge in [0.1, 0.15) is 0 Å². The predicted octanol–water partition coefficient (Wildman–Crippen LogP) is 1.39. The van der Waals surface area contributed by atoms with Crippen LogP contribution in [0.1, 0.15) is 18.5 Å². The van der Waals surface area contributed by atoms with Gasteiger partial charge in [-0.25, -0.2) is 0 Å². The summed E-state index contributed by atoms with van der Waals surface area (Å²) in [5.74, 6) is -0.115. The highest BCUT2D eigenvalue weighted by atomic mass is 32.1. The lowest BCUT2D eigenvalue weighted by Crippen LogP contribution is -2.35. The number of carbonyl (C=O) groups is 1. The fourth-order valence-electron chi connectivity index (χ4n) is 1.57. The second-order valence-electron chi connectivity index (χ2n) is 4.04. The first-order valence-corrected chi connectivity index (χ1v) is 5.50. The van der Waals surface area contributed by atoms with Gasteiger partial charge in [0.2, 0.25) is 5.91 Å². The van der Waals surface area contributed by atoms with Gasteiger partial charge in [0, 0.05) is 6.20 Å². The molecule has 1 aliphatic rings. The number of nitrogens with two attached hydrogens (primary N) is 1. The van der Waals surface area contributed by atoms with Gasteiger partial charge in [0.15, 0.2) is 0 Å². The highest BCUT2D eigenvalue weighted by Gasteiger charge is 2.52. The zero-order valence-corrected chi connectivity index (χ0v) is 9.80. The second-order valence-corrected chi connectivity index (χ2v) is 4.48. The van der Waals surface area contributed by atoms with Crippen LogP contribution in [0.2, 0.25) is 0 Å². The first-order valence-electron chi connectivity index (χ1n) is 5.09. The summed E-state index contributed by atoms with van der Waals surface area (Å²) in [6, 6.07) is 3.60. The minimum atomic E-state index is -0.613. The molecule has 0 saturated heterocycles. The van der Waals surface area contributed by atoms with E-state index in [1.165, 1.54) is 0 Å². The number of pyridine rings is 1. The summed E-state index contributed by atoms with van der Waals surface area (Å²) in [6.07, 6.45) is 3.17. The molecule has 0 radical (unpaired) electrons. The van der Waals surface area contributed by atoms with Crippen LogP contribution < -0.4 is 11.1 Å². The molecule has 0 aromatic carbocycles. The summed E-state index contributed by atoms with van der Waals surface area (Å²) in [7, 11) is 0. The second kappa shape index (κ2) is 3.83. The van der Waals surface area contributed by atoms with Crippen LogP contribution in [0.5, 0.6) is 0 Å². The molecular formula is C11H13N3OS. The van der Waals surface area contributed by atoms with Crippen molar-refractivity contribution in [1.82, 2.24) is 4.98 Å². The smallest absolute Gasteiger partial charge is 0.237 e. The van der Waals surface area contributed by atoms with E-state index >= 15 is 0 Å². The molecule has 1 aliphatic carbocycles. The average molecular weight is 235 g/mol. The zero-order valence-electron chi connectivity index (χ0n) is 8.99. The number of nitrogens with one attached hydrogen (secondary N) is 1. The standard InChI is InChI=1S/C11H13N3OS/c1-7-8(3-2-6-13-7)14-10(15)11(4-5-11)9(12)16/h2-3,6H,4-5H2,1H3,(H2,12,16)(H,14,15). The number of carbonyl (C=O) groups excluding carboxylic acids is 1. The molecule has 0 aliphatic heterocycles. The Balaban J connectivity index is 2.15. The fourth-order valence-corrected chi connectivity index (χ4v) is 1.87. The Morgan fingerprint density at radius 2 is 2.31 bits per heavy atom. The van der Waals surface area contributed by atoms with Gasteiger partial charge in [-0.05, 0) is 31.9 Å². The minimum absolute atomic E-state index is 0.115. The molecule has 84 valence electrons. The molecule has 1 saturated carbocycles. The molecule has 3 N–H and O–H groups in total. The van der Waals surface area contributed by atoms with Crippen LogP contribution in [0, 0.1) is 12.3 Å². The Morgan fingerprint density at radius 3 is 2.81 bits per heavy atom. The van der Waals surface area contributed by atoms with Crippen molar-refractivity contribution in [3.05, 3.63) is 24.0 Å². The number of nitrogens with zero attached hydrogens (tertiary/aromatic N) is 1. The minimum Gasteiger partial charge on any atom is -0.392 e. The van der Waals surface area contributed by atoms with E-state index in [0.717, 1.165) is 24.2 Å². The Kier molecular flexibility index (Phi) is 2.63. The first kappa shape index (κ1) is 11.0. The van der Waals surface area contributed by atoms with E-state index in [4.69, 9.17) is 18.0 Å². The van der Waals surface area contributed by atoms with E-state index < -0.39 is 5.41 Å². The molecule has 0 atom stereocenters. The third-order valence-corrected chi connectivity index (χ3v) is 3.30. The summed E-state index contributed by atoms with van der Waals surface area (Å²) in [6.45, 7) is 1.84. The number of anilines is 1. The van der Waals surface area contributed by atoms with E-state index in [1.807, 2.05) is 13.0 Å². The molecule has 1 fully saturated rings. The summed E-state index contributed by atoms with van der Waals surface area (Å²) in [4.78, 5) is 16.4. The Bertz CT molecular complexity index is 454. The summed E-state index contributed by atoms with van der Waals surface area (Å²) in [5.41, 5.74) is 6.47. The van der Waals surface area contributed by atoms with Crippen molar-refractivity contribution in [3.8, 4) is 0 Å². The van der Waals surface area contributed by atoms with E-state index in [9.17, 15) is 4.79 Å². The van der Waals surface area contributed by atoms with E-state index in [0.29, 0.717) is 0 Å². The lowest BCUT2D eigenvalue weighted by molar-refractivity contribution is -0.118. The highest BCUT2D eigenvalue weighted by molar-refractivity contribution is 7.80. The van der Waals surface area contributed by atoms with Crippen molar-refractivity contribution >= 4 is 28.8 Å². The Labute approximate surface area is 99.2 Å². The van der Waals surface area contributed by atoms with Gasteiger partial charge in [-0.15, -0.1) is 0 Å². The van der Waals surface area contributed by atoms with Crippen molar-refractivity contribution < 1.29 is 4.79 Å². The van der Waals surface area contributed by atoms with Gasteiger partial charge < -0.3 is 11.1 Å². The molecule has 0 spiro atoms. The summed E-state index contributed by atoms with van der Waals surface area (Å²) in [5, 5.41) is 2.83. The van der Waals surface area contributed by atoms with Crippen LogP contribution in [0.3, 0.4) is 0 Å². The first-order chi connectivity index (χ1) is 7.56. The van der Waals surface area contributed by atoms with Crippen LogP contribution in [-0.2, 0) is 4.79 Å². The van der Waals surface area contributed by atoms with E-state index in [2.05, 4.69) is 10.3 Å². The topological polar surface area (TPSA) is 68.0 Å². The number of amides is 1. The Morgan fingerprint density at radius 1 is 1.62 bits per heavy atom. The predicted molar refractivity (Wildman–Crippen MR) is 66.1 cm³/mol. The lowest BCUT2D eigenvalue weighted by Gasteiger charge is -2.14. The maximum absolute atomic E-state index is 12.0. The monoisotopic (exact) mass is 235 g/mol. The van der Waals surface area contributed by atoms with E-state index in [-0.39, 0.29) is 10.9 Å². The number of thiocarbonyl (C=S) groups is 1. The van der Waals surface area contributed by atoms with Crippen LogP contribution in [0.15, 0.2) is 18.3 Å². The normalized spacial score (nSPS) is 16.6. The maximum atomic E-state index is 12.0. The molecule has 5 heteroatoms. The molecule has 4 nitrogen and oxygen atoms in total. The molecule has 1 heterocycles. The van der Waals surface area contributed by atoms with Crippen LogP contribution in [0.4, 0.5) is 5.69 Å². The van der Waals surface area contributed by atoms with Crippen molar-refractivity contribution in [3.63, 3.8) is 0 Å². The zero-order chi connectivity index (χ0) is 11.8. The number of aromatic nitrogens is 1. The van der Waals surface area contributed by atoms with Crippen molar-refractivity contribution in [2.45, 2.75) is 19.8 Å². The van der Waals surface area contributed by atoms with Gasteiger partial charge in [0.25, 0.3) is 0 Å². The van der Waals surface area contributed by atoms with Gasteiger partial charge in [-0.2, -0.15) is 0 Å². The number of hydrogen-bond donors (Lipinski definition) is 2. The van der Waals surface area contributed by atoms with Gasteiger partial charge in [-0.3, -0.25) is 9.78 Å². The van der Waals surface area contributed by atoms with E-state index in [1.54, 1.807) is 12.3 Å². The summed E-state index contributed by atoms with van der Waals surface area (Å²) < 4.78 is 0. The molecule has 16 heavy (non-hydrogen) atoms. The molecule has 2 rings (SSSR count). The fraction of sp³-hybridized carbons (Fsp3) is 0.364. The third-order valence-electron chi connectivity index (χ3n) is 2.91. The molecule has 0 unspecified atom stereocenters. The third kappa shape index (κ3) is 1.78. The van der Waals surface area contributed by atoms with Crippen molar-refractivity contribution in [2.24, 2.45) is 11.1 Å². The van der Waals surface area contributed by atoms with Gasteiger partial charge >= 0.3 is 0 Å². The van der Waals surface area contributed by atoms with Gasteiger partial charge in [-0.1, -0.05) is 12.2 Å². The SMILES string of the molecule is Cc1ncccc1NC(=O)C1(C(N)=S)CC1. The maximum Gasteiger partial charge on any atom is 0.237 e. The molecule has 0 bridgehead atoms. The molecule has 1 aromatic heterocycles. The highest BCUT2D eigenvalue weighted by Crippen LogP contribution is 2.46. The van der Waals surface area contributed by atoms with Crippen LogP contribution in [0.25, 0.3) is 0 Å². The Hall–Kier alpha value is -1.49. The molecular weight excluding hydrogens is 222 g/mol. The van der Waals surface area contributed by atoms with Crippen LogP contribution in [-0.4, -0.2) is 15.9 Å². The van der Waals surface area contributed by atoms with Crippen molar-refractivity contribution in [2.75, 3.05) is 5.32 Å².